The van der Waals surface area contributed by atoms with E-state index in [1.54, 1.807) is 6.92 Å². The lowest BCUT2D eigenvalue weighted by atomic mass is 10.1. The van der Waals surface area contributed by atoms with Crippen LogP contribution in [0.5, 0.6) is 5.75 Å². The van der Waals surface area contributed by atoms with Gasteiger partial charge in [0, 0.05) is 6.54 Å². The van der Waals surface area contributed by atoms with Gasteiger partial charge in [-0.05, 0) is 24.6 Å². The van der Waals surface area contributed by atoms with E-state index >= 15 is 0 Å². The van der Waals surface area contributed by atoms with Crippen LogP contribution in [0.25, 0.3) is 0 Å². The summed E-state index contributed by atoms with van der Waals surface area (Å²) in [6.07, 6.45) is -5.38. The highest BCUT2D eigenvalue weighted by molar-refractivity contribution is 5.67. The molecule has 0 saturated carbocycles. The predicted molar refractivity (Wildman–Crippen MR) is 65.1 cm³/mol. The maximum Gasteiger partial charge on any atom is 0.573 e. The molecule has 0 heterocycles. The number of nitrogens with one attached hydrogen (secondary N) is 1. The van der Waals surface area contributed by atoms with Crippen molar-refractivity contribution in [3.63, 3.8) is 0 Å². The highest BCUT2D eigenvalue weighted by Crippen LogP contribution is 2.24. The Morgan fingerprint density at radius 1 is 1.35 bits per heavy atom. The molecule has 5 nitrogen and oxygen atoms in total. The molecule has 1 unspecified atom stereocenters. The molecule has 3 N–H and O–H groups in total. The molecule has 0 spiro atoms. The zero-order chi connectivity index (χ0) is 15.2. The summed E-state index contributed by atoms with van der Waals surface area (Å²) >= 11 is 0. The Labute approximate surface area is 113 Å². The molecule has 0 saturated heterocycles. The molecule has 1 amide bonds. The number of carbonyl (C=O) groups excluding carboxylic acids is 1. The minimum absolute atomic E-state index is 0.0816. The van der Waals surface area contributed by atoms with Crippen LogP contribution in [0.3, 0.4) is 0 Å². The van der Waals surface area contributed by atoms with Crippen molar-refractivity contribution in [3.8, 4) is 5.75 Å². The number of rotatable bonds is 5. The fourth-order valence-electron chi connectivity index (χ4n) is 1.50. The normalized spacial score (nSPS) is 12.7. The number of ether oxygens (including phenoxy) is 2. The summed E-state index contributed by atoms with van der Waals surface area (Å²) in [5, 5.41) is 2.50. The van der Waals surface area contributed by atoms with E-state index in [-0.39, 0.29) is 18.9 Å². The van der Waals surface area contributed by atoms with Crippen molar-refractivity contribution in [3.05, 3.63) is 29.8 Å². The van der Waals surface area contributed by atoms with E-state index in [9.17, 15) is 18.0 Å². The van der Waals surface area contributed by atoms with Gasteiger partial charge >= 0.3 is 12.5 Å². The summed E-state index contributed by atoms with van der Waals surface area (Å²) < 4.78 is 44.5. The molecule has 1 aromatic rings. The standard InChI is InChI=1S/C12H15F3N2O3/c1-2-19-11(18)17-10(7-16)8-3-5-9(6-4-8)20-12(13,14)15/h3-6,10H,2,7,16H2,1H3,(H,17,18). The molecule has 1 atom stereocenters. The van der Waals surface area contributed by atoms with Gasteiger partial charge in [0.15, 0.2) is 0 Å². The second-order valence-corrected chi connectivity index (χ2v) is 3.77. The number of alkyl halides is 3. The molecular formula is C12H15F3N2O3. The fourth-order valence-corrected chi connectivity index (χ4v) is 1.50. The molecule has 0 bridgehead atoms. The Kier molecular flexibility index (Phi) is 5.63. The van der Waals surface area contributed by atoms with Gasteiger partial charge < -0.3 is 20.5 Å². The van der Waals surface area contributed by atoms with Crippen LogP contribution in [-0.2, 0) is 4.74 Å². The van der Waals surface area contributed by atoms with Crippen LogP contribution in [0.15, 0.2) is 24.3 Å². The average Bonchev–Trinajstić information content (AvgIpc) is 2.35. The van der Waals surface area contributed by atoms with Crippen LogP contribution in [0.2, 0.25) is 0 Å². The van der Waals surface area contributed by atoms with Gasteiger partial charge in [-0.25, -0.2) is 4.79 Å². The van der Waals surface area contributed by atoms with Crippen molar-refractivity contribution in [1.29, 1.82) is 0 Å². The number of amides is 1. The zero-order valence-electron chi connectivity index (χ0n) is 10.7. The molecule has 0 radical (unpaired) electrons. The summed E-state index contributed by atoms with van der Waals surface area (Å²) in [5.74, 6) is -0.340. The first-order chi connectivity index (χ1) is 9.35. The number of hydrogen-bond donors (Lipinski definition) is 2. The Hall–Kier alpha value is -1.96. The minimum atomic E-state index is -4.74. The quantitative estimate of drug-likeness (QED) is 0.873. The summed E-state index contributed by atoms with van der Waals surface area (Å²) in [7, 11) is 0. The van der Waals surface area contributed by atoms with Crippen LogP contribution < -0.4 is 15.8 Å². The lowest BCUT2D eigenvalue weighted by molar-refractivity contribution is -0.274. The van der Waals surface area contributed by atoms with Crippen molar-refractivity contribution in [2.75, 3.05) is 13.2 Å². The third-order valence-corrected chi connectivity index (χ3v) is 2.32. The summed E-state index contributed by atoms with van der Waals surface area (Å²) in [6, 6.07) is 4.54. The zero-order valence-corrected chi connectivity index (χ0v) is 10.7. The fraction of sp³-hybridized carbons (Fsp3) is 0.417. The van der Waals surface area contributed by atoms with E-state index in [0.29, 0.717) is 5.56 Å². The predicted octanol–water partition coefficient (Wildman–Crippen LogP) is 2.33. The van der Waals surface area contributed by atoms with E-state index in [1.807, 2.05) is 0 Å². The molecule has 0 aliphatic heterocycles. The van der Waals surface area contributed by atoms with E-state index in [1.165, 1.54) is 12.1 Å². The molecule has 1 rings (SSSR count). The molecule has 0 fully saturated rings. The van der Waals surface area contributed by atoms with E-state index in [2.05, 4.69) is 10.1 Å². The first-order valence-electron chi connectivity index (χ1n) is 5.84. The average molecular weight is 292 g/mol. The molecule has 1 aromatic carbocycles. The van der Waals surface area contributed by atoms with Crippen molar-refractivity contribution in [1.82, 2.24) is 5.32 Å². The third-order valence-electron chi connectivity index (χ3n) is 2.32. The maximum atomic E-state index is 12.0. The Morgan fingerprint density at radius 3 is 2.40 bits per heavy atom. The SMILES string of the molecule is CCOC(=O)NC(CN)c1ccc(OC(F)(F)F)cc1. The topological polar surface area (TPSA) is 73.6 Å². The van der Waals surface area contributed by atoms with E-state index in [0.717, 1.165) is 12.1 Å². The molecule has 8 heteroatoms. The Bertz CT molecular complexity index is 435. The molecule has 20 heavy (non-hydrogen) atoms. The first kappa shape index (κ1) is 16.1. The van der Waals surface area contributed by atoms with E-state index < -0.39 is 18.5 Å². The van der Waals surface area contributed by atoms with Crippen LogP contribution in [-0.4, -0.2) is 25.6 Å². The minimum Gasteiger partial charge on any atom is -0.450 e. The highest BCUT2D eigenvalue weighted by atomic mass is 19.4. The summed E-state index contributed by atoms with van der Waals surface area (Å²) in [5.41, 5.74) is 6.06. The van der Waals surface area contributed by atoms with Gasteiger partial charge in [-0.15, -0.1) is 13.2 Å². The molecule has 0 aromatic heterocycles. The van der Waals surface area contributed by atoms with E-state index in [4.69, 9.17) is 10.5 Å². The second-order valence-electron chi connectivity index (χ2n) is 3.77. The van der Waals surface area contributed by atoms with Crippen LogP contribution >= 0.6 is 0 Å². The van der Waals surface area contributed by atoms with Gasteiger partial charge in [0.25, 0.3) is 0 Å². The number of carbonyl (C=O) groups is 1. The van der Waals surface area contributed by atoms with Crippen LogP contribution in [0.4, 0.5) is 18.0 Å². The molecular weight excluding hydrogens is 277 g/mol. The first-order valence-corrected chi connectivity index (χ1v) is 5.84. The summed E-state index contributed by atoms with van der Waals surface area (Å²) in [4.78, 5) is 11.3. The smallest absolute Gasteiger partial charge is 0.450 e. The number of benzene rings is 1. The molecule has 112 valence electrons. The number of nitrogens with two attached hydrogens (primary N) is 1. The van der Waals surface area contributed by atoms with Gasteiger partial charge in [0.1, 0.15) is 5.75 Å². The lowest BCUT2D eigenvalue weighted by Crippen LogP contribution is -2.33. The second kappa shape index (κ2) is 6.99. The van der Waals surface area contributed by atoms with Crippen molar-refractivity contribution >= 4 is 6.09 Å². The van der Waals surface area contributed by atoms with Crippen molar-refractivity contribution in [2.24, 2.45) is 5.73 Å². The Morgan fingerprint density at radius 2 is 1.95 bits per heavy atom. The monoisotopic (exact) mass is 292 g/mol. The number of halogens is 3. The molecule has 0 aliphatic rings. The van der Waals surface area contributed by atoms with Crippen molar-refractivity contribution in [2.45, 2.75) is 19.3 Å². The van der Waals surface area contributed by atoms with Gasteiger partial charge in [0.2, 0.25) is 0 Å². The largest absolute Gasteiger partial charge is 0.573 e. The number of hydrogen-bond acceptors (Lipinski definition) is 4. The van der Waals surface area contributed by atoms with Gasteiger partial charge in [0.05, 0.1) is 12.6 Å². The summed E-state index contributed by atoms with van der Waals surface area (Å²) in [6.45, 7) is 1.94. The maximum absolute atomic E-state index is 12.0. The Balaban J connectivity index is 2.72. The van der Waals surface area contributed by atoms with Gasteiger partial charge in [-0.3, -0.25) is 0 Å². The third kappa shape index (κ3) is 5.35. The lowest BCUT2D eigenvalue weighted by Gasteiger charge is -2.17. The van der Waals surface area contributed by atoms with Crippen LogP contribution in [0.1, 0.15) is 18.5 Å². The van der Waals surface area contributed by atoms with Crippen molar-refractivity contribution < 1.29 is 27.4 Å². The van der Waals surface area contributed by atoms with Gasteiger partial charge in [-0.2, -0.15) is 0 Å². The number of alkyl carbamates (subject to hydrolysis) is 1. The van der Waals surface area contributed by atoms with Gasteiger partial charge in [-0.1, -0.05) is 12.1 Å². The molecule has 0 aliphatic carbocycles. The van der Waals surface area contributed by atoms with Crippen LogP contribution in [0, 0.1) is 0 Å². The highest BCUT2D eigenvalue weighted by Gasteiger charge is 2.31.